The van der Waals surface area contributed by atoms with Crippen LogP contribution in [0.2, 0.25) is 0 Å². The van der Waals surface area contributed by atoms with Gasteiger partial charge < -0.3 is 5.11 Å². The summed E-state index contributed by atoms with van der Waals surface area (Å²) in [5, 5.41) is 9.48. The van der Waals surface area contributed by atoms with Crippen LogP contribution in [0.25, 0.3) is 0 Å². The lowest BCUT2D eigenvalue weighted by molar-refractivity contribution is -0.129. The summed E-state index contributed by atoms with van der Waals surface area (Å²) in [7, 11) is 0. The minimum absolute atomic E-state index is 0.212. The summed E-state index contributed by atoms with van der Waals surface area (Å²) in [6.07, 6.45) is 3.86. The number of rotatable bonds is 0. The highest BCUT2D eigenvalue weighted by Crippen LogP contribution is 2.61. The first-order valence-electron chi connectivity index (χ1n) is 8.42. The van der Waals surface area contributed by atoms with Crippen molar-refractivity contribution in [2.45, 2.75) is 50.8 Å². The van der Waals surface area contributed by atoms with E-state index in [-0.39, 0.29) is 16.6 Å². The molecule has 0 amide bonds. The fourth-order valence-electron chi connectivity index (χ4n) is 5.72. The standard InChI is InChI=1S/C19H23ClO2/c1-10-7-11-8-12(21)3-4-13(11)14-5-6-19(2)15(17(10)14)9-16(20)18(19)22/h3-4,8,10,14-17,21H,5-7,9H2,1-2H3/t10-,14-,15+,16+,17-,19+/m1/s1. The zero-order valence-electron chi connectivity index (χ0n) is 13.2. The molecule has 1 aromatic rings. The van der Waals surface area contributed by atoms with Gasteiger partial charge in [-0.15, -0.1) is 11.6 Å². The zero-order chi connectivity index (χ0) is 15.6. The monoisotopic (exact) mass is 318 g/mol. The highest BCUT2D eigenvalue weighted by Gasteiger charge is 2.59. The molecule has 0 radical (unpaired) electrons. The predicted molar refractivity (Wildman–Crippen MR) is 87.3 cm³/mol. The van der Waals surface area contributed by atoms with Gasteiger partial charge in [0.1, 0.15) is 5.75 Å². The van der Waals surface area contributed by atoms with Crippen molar-refractivity contribution in [2.24, 2.45) is 23.2 Å². The van der Waals surface area contributed by atoms with Gasteiger partial charge in [-0.3, -0.25) is 4.79 Å². The van der Waals surface area contributed by atoms with Crippen molar-refractivity contribution in [1.82, 2.24) is 0 Å². The van der Waals surface area contributed by atoms with E-state index in [0.717, 1.165) is 25.7 Å². The Kier molecular flexibility index (Phi) is 3.14. The molecule has 0 aromatic heterocycles. The second-order valence-corrected chi connectivity index (χ2v) is 8.41. The molecule has 3 heteroatoms. The summed E-state index contributed by atoms with van der Waals surface area (Å²) in [5.41, 5.74) is 2.48. The number of alkyl halides is 1. The maximum Gasteiger partial charge on any atom is 0.156 e. The van der Waals surface area contributed by atoms with Crippen LogP contribution in [0.15, 0.2) is 18.2 Å². The van der Waals surface area contributed by atoms with E-state index in [1.807, 2.05) is 12.1 Å². The number of phenolic OH excluding ortho intramolecular Hbond substituents is 1. The number of halogens is 1. The van der Waals surface area contributed by atoms with Gasteiger partial charge in [-0.1, -0.05) is 19.9 Å². The minimum atomic E-state index is -0.290. The number of hydrogen-bond donors (Lipinski definition) is 1. The van der Waals surface area contributed by atoms with E-state index in [0.29, 0.717) is 29.4 Å². The van der Waals surface area contributed by atoms with Crippen molar-refractivity contribution in [2.75, 3.05) is 0 Å². The second kappa shape index (κ2) is 4.74. The molecule has 0 unspecified atom stereocenters. The molecule has 1 aromatic carbocycles. The first-order valence-corrected chi connectivity index (χ1v) is 8.85. The normalized spacial score (nSPS) is 43.4. The summed E-state index contributed by atoms with van der Waals surface area (Å²) >= 11 is 6.34. The molecule has 118 valence electrons. The minimum Gasteiger partial charge on any atom is -0.508 e. The number of ketones is 1. The number of phenols is 1. The van der Waals surface area contributed by atoms with Crippen LogP contribution < -0.4 is 0 Å². The van der Waals surface area contributed by atoms with E-state index in [2.05, 4.69) is 19.9 Å². The molecule has 3 aliphatic carbocycles. The van der Waals surface area contributed by atoms with Crippen molar-refractivity contribution in [3.05, 3.63) is 29.3 Å². The molecule has 0 saturated heterocycles. The number of benzene rings is 1. The van der Waals surface area contributed by atoms with E-state index in [9.17, 15) is 9.90 Å². The Bertz CT molecular complexity index is 640. The number of carbonyl (C=O) groups is 1. The molecule has 0 bridgehead atoms. The quantitative estimate of drug-likeness (QED) is 0.725. The number of Topliss-reactive ketones (excluding diaryl/α,β-unsaturated/α-hetero) is 1. The van der Waals surface area contributed by atoms with E-state index < -0.39 is 0 Å². The van der Waals surface area contributed by atoms with Gasteiger partial charge in [0, 0.05) is 5.41 Å². The second-order valence-electron chi connectivity index (χ2n) is 7.88. The Hall–Kier alpha value is -1.02. The summed E-state index contributed by atoms with van der Waals surface area (Å²) in [6, 6.07) is 5.84. The first-order chi connectivity index (χ1) is 10.4. The lowest BCUT2D eigenvalue weighted by atomic mass is 9.53. The summed E-state index contributed by atoms with van der Waals surface area (Å²) in [5.74, 6) is 2.66. The smallest absolute Gasteiger partial charge is 0.156 e. The Morgan fingerprint density at radius 3 is 2.91 bits per heavy atom. The van der Waals surface area contributed by atoms with Gasteiger partial charge >= 0.3 is 0 Å². The Morgan fingerprint density at radius 1 is 1.36 bits per heavy atom. The van der Waals surface area contributed by atoms with Crippen molar-refractivity contribution in [1.29, 1.82) is 0 Å². The van der Waals surface area contributed by atoms with Gasteiger partial charge in [-0.2, -0.15) is 0 Å². The molecule has 0 heterocycles. The number of hydrogen-bond acceptors (Lipinski definition) is 2. The maximum absolute atomic E-state index is 12.6. The van der Waals surface area contributed by atoms with Gasteiger partial charge in [0.2, 0.25) is 0 Å². The van der Waals surface area contributed by atoms with Gasteiger partial charge in [0.05, 0.1) is 5.38 Å². The fraction of sp³-hybridized carbons (Fsp3) is 0.632. The number of carbonyl (C=O) groups excluding carboxylic acids is 1. The largest absolute Gasteiger partial charge is 0.508 e. The van der Waals surface area contributed by atoms with Gasteiger partial charge in [0.15, 0.2) is 5.78 Å². The van der Waals surface area contributed by atoms with E-state index in [4.69, 9.17) is 11.6 Å². The SMILES string of the molecule is C[C@@H]1Cc2cc(O)ccc2[C@H]2CC[C@]3(C)C(=O)[C@@H](Cl)C[C@H]3[C@H]12. The molecule has 1 N–H and O–H groups in total. The van der Waals surface area contributed by atoms with Crippen LogP contribution in [0.1, 0.15) is 50.2 Å². The van der Waals surface area contributed by atoms with Gasteiger partial charge in [0.25, 0.3) is 0 Å². The van der Waals surface area contributed by atoms with Gasteiger partial charge in [-0.05, 0) is 72.6 Å². The van der Waals surface area contributed by atoms with E-state index in [1.54, 1.807) is 0 Å². The van der Waals surface area contributed by atoms with Crippen LogP contribution in [0, 0.1) is 23.2 Å². The van der Waals surface area contributed by atoms with Crippen LogP contribution in [0.4, 0.5) is 0 Å². The average Bonchev–Trinajstić information content (AvgIpc) is 2.70. The Morgan fingerprint density at radius 2 is 2.14 bits per heavy atom. The van der Waals surface area contributed by atoms with Crippen molar-refractivity contribution in [3.63, 3.8) is 0 Å². The van der Waals surface area contributed by atoms with Gasteiger partial charge in [-0.25, -0.2) is 0 Å². The summed E-state index contributed by atoms with van der Waals surface area (Å²) in [6.45, 7) is 4.46. The summed E-state index contributed by atoms with van der Waals surface area (Å²) < 4.78 is 0. The summed E-state index contributed by atoms with van der Waals surface area (Å²) in [4.78, 5) is 12.6. The molecule has 22 heavy (non-hydrogen) atoms. The van der Waals surface area contributed by atoms with Crippen LogP contribution in [0.5, 0.6) is 5.75 Å². The highest BCUT2D eigenvalue weighted by molar-refractivity contribution is 6.32. The Balaban J connectivity index is 1.77. The number of aromatic hydroxyl groups is 1. The topological polar surface area (TPSA) is 37.3 Å². The molecule has 3 aliphatic rings. The third-order valence-corrected chi connectivity index (χ3v) is 7.13. The van der Waals surface area contributed by atoms with E-state index >= 15 is 0 Å². The Labute approximate surface area is 136 Å². The van der Waals surface area contributed by atoms with Crippen LogP contribution in [0.3, 0.4) is 0 Å². The van der Waals surface area contributed by atoms with Crippen LogP contribution in [-0.4, -0.2) is 16.3 Å². The molecular weight excluding hydrogens is 296 g/mol. The zero-order valence-corrected chi connectivity index (χ0v) is 13.9. The van der Waals surface area contributed by atoms with Crippen molar-refractivity contribution < 1.29 is 9.90 Å². The molecule has 6 atom stereocenters. The molecular formula is C19H23ClO2. The molecule has 2 fully saturated rings. The lowest BCUT2D eigenvalue weighted by Gasteiger charge is -2.50. The third kappa shape index (κ3) is 1.83. The molecule has 2 saturated carbocycles. The molecule has 0 aliphatic heterocycles. The third-order valence-electron chi connectivity index (χ3n) is 6.76. The number of fused-ring (bicyclic) bond motifs is 5. The highest BCUT2D eigenvalue weighted by atomic mass is 35.5. The average molecular weight is 319 g/mol. The molecule has 2 nitrogen and oxygen atoms in total. The molecule has 4 rings (SSSR count). The lowest BCUT2D eigenvalue weighted by Crippen LogP contribution is -2.45. The van der Waals surface area contributed by atoms with Crippen LogP contribution in [-0.2, 0) is 11.2 Å². The fourth-order valence-corrected chi connectivity index (χ4v) is 6.16. The van der Waals surface area contributed by atoms with Crippen molar-refractivity contribution >= 4 is 17.4 Å². The van der Waals surface area contributed by atoms with Crippen LogP contribution >= 0.6 is 11.6 Å². The first kappa shape index (κ1) is 14.6. The maximum atomic E-state index is 12.6. The molecule has 0 spiro atoms. The van der Waals surface area contributed by atoms with Crippen molar-refractivity contribution in [3.8, 4) is 5.75 Å². The predicted octanol–water partition coefficient (Wildman–Crippen LogP) is 4.28. The van der Waals surface area contributed by atoms with E-state index in [1.165, 1.54) is 11.1 Å².